The molecule has 0 fully saturated rings. The molecule has 0 aliphatic carbocycles. The van der Waals surface area contributed by atoms with Crippen molar-refractivity contribution in [3.63, 3.8) is 0 Å². The summed E-state index contributed by atoms with van der Waals surface area (Å²) in [6.45, 7) is 0. The van der Waals surface area contributed by atoms with Crippen molar-refractivity contribution in [3.8, 4) is 0 Å². The van der Waals surface area contributed by atoms with Gasteiger partial charge in [-0.25, -0.2) is 12.8 Å². The fraction of sp³-hybridized carbons (Fsp3) is 0.0385. The molecular formula is C26H21FN2O3S. The molecule has 0 aliphatic heterocycles. The van der Waals surface area contributed by atoms with Crippen molar-refractivity contribution in [1.82, 2.24) is 5.32 Å². The largest absolute Gasteiger partial charge is 0.341 e. The third kappa shape index (κ3) is 5.27. The first-order chi connectivity index (χ1) is 15.9. The van der Waals surface area contributed by atoms with Gasteiger partial charge in [-0.15, -0.1) is 0 Å². The summed E-state index contributed by atoms with van der Waals surface area (Å²) in [5.41, 5.74) is 2.00. The number of nitrogens with one attached hydrogen (secondary N) is 2. The van der Waals surface area contributed by atoms with Crippen LogP contribution in [0, 0.1) is 5.82 Å². The van der Waals surface area contributed by atoms with Crippen molar-refractivity contribution < 1.29 is 17.6 Å². The van der Waals surface area contributed by atoms with Crippen molar-refractivity contribution in [3.05, 3.63) is 132 Å². The van der Waals surface area contributed by atoms with E-state index in [1.807, 2.05) is 60.7 Å². The number of rotatable bonds is 7. The Morgan fingerprint density at radius 1 is 0.697 bits per heavy atom. The lowest BCUT2D eigenvalue weighted by molar-refractivity contribution is 0.0943. The average Bonchev–Trinajstić information content (AvgIpc) is 2.85. The zero-order valence-corrected chi connectivity index (χ0v) is 18.3. The van der Waals surface area contributed by atoms with E-state index in [4.69, 9.17) is 0 Å². The molecule has 0 atom stereocenters. The molecule has 4 rings (SSSR count). The molecule has 0 saturated carbocycles. The molecule has 5 nitrogen and oxygen atoms in total. The van der Waals surface area contributed by atoms with Gasteiger partial charge in [-0.2, -0.15) is 0 Å². The van der Waals surface area contributed by atoms with Gasteiger partial charge in [0, 0.05) is 5.56 Å². The quantitative estimate of drug-likeness (QED) is 0.401. The van der Waals surface area contributed by atoms with E-state index >= 15 is 0 Å². The number of para-hydroxylation sites is 1. The molecule has 33 heavy (non-hydrogen) atoms. The van der Waals surface area contributed by atoms with Crippen LogP contribution in [0.4, 0.5) is 10.1 Å². The third-order valence-electron chi connectivity index (χ3n) is 5.09. The molecule has 166 valence electrons. The molecule has 1 amide bonds. The van der Waals surface area contributed by atoms with Gasteiger partial charge in [-0.1, -0.05) is 72.8 Å². The number of amides is 1. The highest BCUT2D eigenvalue weighted by molar-refractivity contribution is 7.92. The van der Waals surface area contributed by atoms with Crippen molar-refractivity contribution in [2.75, 3.05) is 4.72 Å². The van der Waals surface area contributed by atoms with Crippen molar-refractivity contribution in [2.24, 2.45) is 0 Å². The van der Waals surface area contributed by atoms with Crippen molar-refractivity contribution in [2.45, 2.75) is 10.9 Å². The fourth-order valence-corrected chi connectivity index (χ4v) is 4.46. The minimum atomic E-state index is -4.01. The Labute approximate surface area is 192 Å². The molecule has 7 heteroatoms. The van der Waals surface area contributed by atoms with Crippen LogP contribution in [0.3, 0.4) is 0 Å². The van der Waals surface area contributed by atoms with Gasteiger partial charge in [0.15, 0.2) is 0 Å². The number of hydrogen-bond acceptors (Lipinski definition) is 3. The Morgan fingerprint density at radius 2 is 1.21 bits per heavy atom. The number of sulfonamides is 1. The predicted octanol–water partition coefficient (Wildman–Crippen LogP) is 5.15. The maximum Gasteiger partial charge on any atom is 0.261 e. The summed E-state index contributed by atoms with van der Waals surface area (Å²) in [7, 11) is -4.01. The number of carbonyl (C=O) groups excluding carboxylic acids is 1. The second-order valence-electron chi connectivity index (χ2n) is 7.34. The summed E-state index contributed by atoms with van der Waals surface area (Å²) in [4.78, 5) is 12.9. The van der Waals surface area contributed by atoms with Gasteiger partial charge in [-0.05, 0) is 47.5 Å². The van der Waals surface area contributed by atoms with Crippen LogP contribution >= 0.6 is 0 Å². The van der Waals surface area contributed by atoms with Crippen molar-refractivity contribution >= 4 is 21.6 Å². The predicted molar refractivity (Wildman–Crippen MR) is 126 cm³/mol. The molecule has 0 saturated heterocycles. The van der Waals surface area contributed by atoms with Gasteiger partial charge < -0.3 is 5.32 Å². The molecular weight excluding hydrogens is 439 g/mol. The summed E-state index contributed by atoms with van der Waals surface area (Å²) >= 11 is 0. The SMILES string of the molecule is O=C(NC(c1ccccc1)c1ccccc1)c1ccc(S(=O)(=O)Nc2ccccc2F)cc1. The summed E-state index contributed by atoms with van der Waals surface area (Å²) in [5, 5.41) is 3.02. The maximum atomic E-state index is 13.8. The van der Waals surface area contributed by atoms with Gasteiger partial charge in [0.25, 0.3) is 15.9 Å². The second kappa shape index (κ2) is 9.67. The van der Waals surface area contributed by atoms with E-state index in [9.17, 15) is 17.6 Å². The Kier molecular flexibility index (Phi) is 6.51. The topological polar surface area (TPSA) is 75.3 Å². The fourth-order valence-electron chi connectivity index (χ4n) is 3.40. The molecule has 0 bridgehead atoms. The molecule has 0 aromatic heterocycles. The Hall–Kier alpha value is -3.97. The second-order valence-corrected chi connectivity index (χ2v) is 9.02. The van der Waals surface area contributed by atoms with Gasteiger partial charge >= 0.3 is 0 Å². The van der Waals surface area contributed by atoms with Crippen LogP contribution < -0.4 is 10.0 Å². The third-order valence-corrected chi connectivity index (χ3v) is 6.47. The monoisotopic (exact) mass is 460 g/mol. The van der Waals surface area contributed by atoms with Crippen LogP contribution in [0.25, 0.3) is 0 Å². The zero-order chi connectivity index (χ0) is 23.3. The van der Waals surface area contributed by atoms with E-state index < -0.39 is 15.8 Å². The summed E-state index contributed by atoms with van der Waals surface area (Å²) in [6.07, 6.45) is 0. The van der Waals surface area contributed by atoms with E-state index in [0.717, 1.165) is 11.1 Å². The van der Waals surface area contributed by atoms with E-state index in [1.165, 1.54) is 48.5 Å². The Bertz CT molecular complexity index is 1300. The minimum Gasteiger partial charge on any atom is -0.341 e. The number of anilines is 1. The van der Waals surface area contributed by atoms with Crippen LogP contribution in [-0.4, -0.2) is 14.3 Å². The highest BCUT2D eigenvalue weighted by atomic mass is 32.2. The van der Waals surface area contributed by atoms with Crippen LogP contribution in [0.15, 0.2) is 114 Å². The summed E-state index contributed by atoms with van der Waals surface area (Å²) in [6, 6.07) is 29.8. The average molecular weight is 461 g/mol. The number of benzene rings is 4. The van der Waals surface area contributed by atoms with E-state index in [1.54, 1.807) is 0 Å². The number of carbonyl (C=O) groups is 1. The van der Waals surface area contributed by atoms with Gasteiger partial charge in [0.2, 0.25) is 0 Å². The minimum absolute atomic E-state index is 0.0787. The first kappa shape index (κ1) is 22.2. The van der Waals surface area contributed by atoms with Gasteiger partial charge in [-0.3, -0.25) is 9.52 Å². The molecule has 0 spiro atoms. The highest BCUT2D eigenvalue weighted by Crippen LogP contribution is 2.23. The van der Waals surface area contributed by atoms with Crippen LogP contribution in [0.1, 0.15) is 27.5 Å². The van der Waals surface area contributed by atoms with Gasteiger partial charge in [0.05, 0.1) is 16.6 Å². The smallest absolute Gasteiger partial charge is 0.261 e. The van der Waals surface area contributed by atoms with Gasteiger partial charge in [0.1, 0.15) is 5.82 Å². The lowest BCUT2D eigenvalue weighted by Crippen LogP contribution is -2.29. The first-order valence-corrected chi connectivity index (χ1v) is 11.7. The lowest BCUT2D eigenvalue weighted by Gasteiger charge is -2.20. The summed E-state index contributed by atoms with van der Waals surface area (Å²) < 4.78 is 41.3. The molecule has 0 heterocycles. The number of halogens is 1. The van der Waals surface area contributed by atoms with E-state index in [0.29, 0.717) is 5.56 Å². The standard InChI is InChI=1S/C26H21FN2O3S/c27-23-13-7-8-14-24(23)29-33(31,32)22-17-15-21(16-18-22)26(30)28-25(19-9-3-1-4-10-19)20-11-5-2-6-12-20/h1-18,25,29H,(H,28,30). The molecule has 4 aromatic rings. The Balaban J connectivity index is 1.54. The molecule has 0 aliphatic rings. The lowest BCUT2D eigenvalue weighted by atomic mass is 9.98. The van der Waals surface area contributed by atoms with E-state index in [2.05, 4.69) is 10.0 Å². The maximum absolute atomic E-state index is 13.8. The molecule has 2 N–H and O–H groups in total. The Morgan fingerprint density at radius 3 is 1.76 bits per heavy atom. The zero-order valence-electron chi connectivity index (χ0n) is 17.5. The normalized spacial score (nSPS) is 11.2. The molecule has 0 unspecified atom stereocenters. The molecule has 4 aromatic carbocycles. The highest BCUT2D eigenvalue weighted by Gasteiger charge is 2.20. The summed E-state index contributed by atoms with van der Waals surface area (Å²) in [5.74, 6) is -1.02. The first-order valence-electron chi connectivity index (χ1n) is 10.2. The van der Waals surface area contributed by atoms with Crippen LogP contribution in [0.2, 0.25) is 0 Å². The van der Waals surface area contributed by atoms with E-state index in [-0.39, 0.29) is 22.5 Å². The van der Waals surface area contributed by atoms with Crippen LogP contribution in [-0.2, 0) is 10.0 Å². The van der Waals surface area contributed by atoms with Crippen molar-refractivity contribution in [1.29, 1.82) is 0 Å². The molecule has 0 radical (unpaired) electrons. The van der Waals surface area contributed by atoms with Crippen LogP contribution in [0.5, 0.6) is 0 Å². The number of hydrogen-bond donors (Lipinski definition) is 2.